The fraction of sp³-hybridized carbons (Fsp3) is 0.364. The summed E-state index contributed by atoms with van der Waals surface area (Å²) in [6.45, 7) is 3.81. The molecule has 0 aliphatic carbocycles. The molecule has 1 aromatic carbocycles. The lowest BCUT2D eigenvalue weighted by molar-refractivity contribution is 0.131. The second-order valence-electron chi connectivity index (χ2n) is 8.37. The first-order valence-electron chi connectivity index (χ1n) is 10.8. The standard InChI is InChI=1S/C22H23ClN6O3S2/c1-14(15-7-9-28(10-8-15)20-24-11-17(23)12-25-20)32-22-27-29-13-19(26-21(29)33-22)16-3-5-18(6-4-16)34(2,30)31/h3-6,11-15H,7-10H2,1-2H3/t14-/m0/s1. The molecule has 1 fully saturated rings. The minimum Gasteiger partial charge on any atom is -0.466 e. The highest BCUT2D eigenvalue weighted by Crippen LogP contribution is 2.30. The summed E-state index contributed by atoms with van der Waals surface area (Å²) in [5, 5.41) is 5.65. The molecule has 1 saturated heterocycles. The van der Waals surface area contributed by atoms with Crippen molar-refractivity contribution >= 4 is 43.7 Å². The Morgan fingerprint density at radius 3 is 2.44 bits per heavy atom. The van der Waals surface area contributed by atoms with Crippen LogP contribution in [-0.2, 0) is 9.84 Å². The number of ether oxygens (including phenoxy) is 1. The van der Waals surface area contributed by atoms with Crippen LogP contribution in [0.4, 0.5) is 5.95 Å². The van der Waals surface area contributed by atoms with Crippen molar-refractivity contribution < 1.29 is 13.2 Å². The zero-order chi connectivity index (χ0) is 23.9. The maximum Gasteiger partial charge on any atom is 0.294 e. The first-order chi connectivity index (χ1) is 16.3. The van der Waals surface area contributed by atoms with E-state index in [0.717, 1.165) is 42.1 Å². The number of nitrogens with zero attached hydrogens (tertiary/aromatic N) is 6. The summed E-state index contributed by atoms with van der Waals surface area (Å²) >= 11 is 7.27. The molecule has 0 amide bonds. The molecular formula is C22H23ClN6O3S2. The van der Waals surface area contributed by atoms with Gasteiger partial charge >= 0.3 is 0 Å². The number of piperidine rings is 1. The molecule has 4 aromatic rings. The van der Waals surface area contributed by atoms with Crippen molar-refractivity contribution in [3.63, 3.8) is 0 Å². The number of rotatable bonds is 6. The number of imidazole rings is 1. The lowest BCUT2D eigenvalue weighted by Crippen LogP contribution is -2.39. The van der Waals surface area contributed by atoms with Gasteiger partial charge in [-0.05, 0) is 49.2 Å². The molecule has 1 atom stereocenters. The second kappa shape index (κ2) is 9.12. The SMILES string of the molecule is C[C@H](Oc1nn2cc(-c3ccc(S(C)(=O)=O)cc3)nc2s1)C1CCN(c2ncc(Cl)cn2)CC1. The third kappa shape index (κ3) is 4.86. The van der Waals surface area contributed by atoms with E-state index in [9.17, 15) is 8.42 Å². The van der Waals surface area contributed by atoms with Crippen LogP contribution in [0.3, 0.4) is 0 Å². The van der Waals surface area contributed by atoms with Crippen molar-refractivity contribution in [2.45, 2.75) is 30.8 Å². The number of hydrogen-bond acceptors (Lipinski definition) is 9. The molecule has 1 aliphatic heterocycles. The third-order valence-electron chi connectivity index (χ3n) is 5.98. The van der Waals surface area contributed by atoms with Gasteiger partial charge in [-0.15, -0.1) is 5.10 Å². The zero-order valence-corrected chi connectivity index (χ0v) is 21.0. The summed E-state index contributed by atoms with van der Waals surface area (Å²) in [7, 11) is -3.23. The average molecular weight is 519 g/mol. The molecule has 0 radical (unpaired) electrons. The van der Waals surface area contributed by atoms with Crippen molar-refractivity contribution in [2.75, 3.05) is 24.2 Å². The number of aromatic nitrogens is 5. The van der Waals surface area contributed by atoms with E-state index in [4.69, 9.17) is 16.3 Å². The van der Waals surface area contributed by atoms with Gasteiger partial charge in [-0.3, -0.25) is 0 Å². The highest BCUT2D eigenvalue weighted by molar-refractivity contribution is 7.90. The molecule has 9 nitrogen and oxygen atoms in total. The van der Waals surface area contributed by atoms with E-state index >= 15 is 0 Å². The van der Waals surface area contributed by atoms with Gasteiger partial charge < -0.3 is 9.64 Å². The largest absolute Gasteiger partial charge is 0.466 e. The Bertz CT molecular complexity index is 1360. The normalized spacial score (nSPS) is 16.1. The van der Waals surface area contributed by atoms with Crippen LogP contribution in [0.15, 0.2) is 47.8 Å². The van der Waals surface area contributed by atoms with Crippen LogP contribution in [0.25, 0.3) is 16.2 Å². The van der Waals surface area contributed by atoms with Crippen LogP contribution in [0.1, 0.15) is 19.8 Å². The maximum absolute atomic E-state index is 11.7. The van der Waals surface area contributed by atoms with E-state index in [1.807, 2.05) is 6.20 Å². The van der Waals surface area contributed by atoms with Crippen molar-refractivity contribution in [2.24, 2.45) is 5.92 Å². The minimum absolute atomic E-state index is 0.0205. The van der Waals surface area contributed by atoms with Crippen LogP contribution in [0.2, 0.25) is 5.02 Å². The van der Waals surface area contributed by atoms with E-state index < -0.39 is 9.84 Å². The van der Waals surface area contributed by atoms with Crippen molar-refractivity contribution in [1.29, 1.82) is 0 Å². The molecule has 178 valence electrons. The van der Waals surface area contributed by atoms with Gasteiger partial charge in [0.05, 0.1) is 34.2 Å². The molecule has 0 spiro atoms. The number of fused-ring (bicyclic) bond motifs is 1. The van der Waals surface area contributed by atoms with E-state index in [-0.39, 0.29) is 11.0 Å². The molecule has 5 rings (SSSR count). The van der Waals surface area contributed by atoms with E-state index in [0.29, 0.717) is 22.1 Å². The first kappa shape index (κ1) is 23.0. The summed E-state index contributed by atoms with van der Waals surface area (Å²) in [4.78, 5) is 16.4. The van der Waals surface area contributed by atoms with E-state index in [1.54, 1.807) is 41.2 Å². The number of anilines is 1. The molecule has 34 heavy (non-hydrogen) atoms. The van der Waals surface area contributed by atoms with Gasteiger partial charge in [-0.1, -0.05) is 23.7 Å². The average Bonchev–Trinajstić information content (AvgIpc) is 3.38. The fourth-order valence-electron chi connectivity index (χ4n) is 4.03. The Kier molecular flexibility index (Phi) is 6.17. The topological polar surface area (TPSA) is 103 Å². The van der Waals surface area contributed by atoms with Crippen LogP contribution in [0, 0.1) is 5.92 Å². The van der Waals surface area contributed by atoms with Crippen molar-refractivity contribution in [3.05, 3.63) is 47.9 Å². The Balaban J connectivity index is 1.21. The second-order valence-corrected chi connectivity index (χ2v) is 11.7. The predicted molar refractivity (Wildman–Crippen MR) is 131 cm³/mol. The third-order valence-corrected chi connectivity index (χ3v) is 8.12. The monoisotopic (exact) mass is 518 g/mol. The fourth-order valence-corrected chi connectivity index (χ4v) is 5.58. The highest BCUT2D eigenvalue weighted by atomic mass is 35.5. The molecule has 1 aliphatic rings. The molecule has 3 aromatic heterocycles. The van der Waals surface area contributed by atoms with E-state index in [2.05, 4.69) is 31.9 Å². The Morgan fingerprint density at radius 1 is 1.15 bits per heavy atom. The number of sulfone groups is 1. The van der Waals surface area contributed by atoms with Gasteiger partial charge in [0.25, 0.3) is 5.19 Å². The van der Waals surface area contributed by atoms with Crippen LogP contribution < -0.4 is 9.64 Å². The molecule has 4 heterocycles. The predicted octanol–water partition coefficient (Wildman–Crippen LogP) is 3.99. The number of halogens is 1. The summed E-state index contributed by atoms with van der Waals surface area (Å²) in [6, 6.07) is 6.69. The van der Waals surface area contributed by atoms with Crippen LogP contribution in [0.5, 0.6) is 5.19 Å². The molecule has 0 N–H and O–H groups in total. The molecule has 0 unspecified atom stereocenters. The van der Waals surface area contributed by atoms with Crippen LogP contribution in [-0.4, -0.2) is 58.4 Å². The van der Waals surface area contributed by atoms with Gasteiger partial charge in [-0.2, -0.15) is 0 Å². The Hall–Kier alpha value is -2.76. The molecule has 0 saturated carbocycles. The minimum atomic E-state index is -3.23. The van der Waals surface area contributed by atoms with Crippen LogP contribution >= 0.6 is 22.9 Å². The van der Waals surface area contributed by atoms with Crippen molar-refractivity contribution in [1.82, 2.24) is 24.6 Å². The zero-order valence-electron chi connectivity index (χ0n) is 18.6. The summed E-state index contributed by atoms with van der Waals surface area (Å²) in [5.74, 6) is 1.11. The van der Waals surface area contributed by atoms with Gasteiger partial charge in [0.2, 0.25) is 10.9 Å². The molecular weight excluding hydrogens is 496 g/mol. The molecule has 12 heteroatoms. The van der Waals surface area contributed by atoms with Gasteiger partial charge in [0.1, 0.15) is 6.10 Å². The summed E-state index contributed by atoms with van der Waals surface area (Å²) in [6.07, 6.45) is 8.23. The summed E-state index contributed by atoms with van der Waals surface area (Å²) in [5.41, 5.74) is 1.56. The number of hydrogen-bond donors (Lipinski definition) is 0. The quantitative estimate of drug-likeness (QED) is 0.377. The first-order valence-corrected chi connectivity index (χ1v) is 13.9. The molecule has 0 bridgehead atoms. The smallest absolute Gasteiger partial charge is 0.294 e. The maximum atomic E-state index is 11.7. The Labute approximate surface area is 206 Å². The lowest BCUT2D eigenvalue weighted by Gasteiger charge is -2.34. The van der Waals surface area contributed by atoms with Crippen molar-refractivity contribution in [3.8, 4) is 16.5 Å². The number of benzene rings is 1. The Morgan fingerprint density at radius 2 is 1.82 bits per heavy atom. The van der Waals surface area contributed by atoms with Gasteiger partial charge in [0, 0.05) is 24.9 Å². The van der Waals surface area contributed by atoms with Gasteiger partial charge in [0.15, 0.2) is 9.84 Å². The lowest BCUT2D eigenvalue weighted by atomic mass is 9.92. The van der Waals surface area contributed by atoms with Gasteiger partial charge in [-0.25, -0.2) is 27.9 Å². The van der Waals surface area contributed by atoms with E-state index in [1.165, 1.54) is 17.6 Å². The highest BCUT2D eigenvalue weighted by Gasteiger charge is 2.27. The summed E-state index contributed by atoms with van der Waals surface area (Å²) < 4.78 is 31.2.